The molecule has 4 aromatic rings. The molecule has 1 aliphatic heterocycles. The molecule has 258 valence electrons. The number of nitrogens with zero attached hydrogens (tertiary/aromatic N) is 1. The van der Waals surface area contributed by atoms with E-state index in [2.05, 4.69) is 10.2 Å². The predicted octanol–water partition coefficient (Wildman–Crippen LogP) is 8.43. The smallest absolute Gasteiger partial charge is 0.475 e. The van der Waals surface area contributed by atoms with Crippen molar-refractivity contribution >= 4 is 29.2 Å². The summed E-state index contributed by atoms with van der Waals surface area (Å²) in [4.78, 5) is 37.0. The van der Waals surface area contributed by atoms with E-state index >= 15 is 0 Å². The van der Waals surface area contributed by atoms with Crippen molar-refractivity contribution in [2.45, 2.75) is 31.1 Å². The minimum absolute atomic E-state index is 0.180. The van der Waals surface area contributed by atoms with Gasteiger partial charge >= 0.3 is 24.3 Å². The number of rotatable bonds is 7. The first kappa shape index (κ1) is 36.5. The second kappa shape index (κ2) is 15.7. The van der Waals surface area contributed by atoms with Crippen molar-refractivity contribution in [2.75, 3.05) is 30.4 Å². The van der Waals surface area contributed by atoms with Crippen LogP contribution < -0.4 is 10.2 Å². The molecule has 5 rings (SSSR count). The largest absolute Gasteiger partial charge is 0.490 e. The summed E-state index contributed by atoms with van der Waals surface area (Å²) in [5.41, 5.74) is 3.29. The quantitative estimate of drug-likeness (QED) is 0.150. The number of carboxylic acids is 1. The Kier molecular flexibility index (Phi) is 11.7. The van der Waals surface area contributed by atoms with Crippen LogP contribution in [0.2, 0.25) is 0 Å². The first-order valence-electron chi connectivity index (χ1n) is 15.0. The van der Waals surface area contributed by atoms with Gasteiger partial charge in [-0.2, -0.15) is 26.3 Å². The lowest BCUT2D eigenvalue weighted by Crippen LogP contribution is -2.37. The van der Waals surface area contributed by atoms with E-state index in [1.165, 1.54) is 19.2 Å². The minimum atomic E-state index is -5.08. The average Bonchev–Trinajstić information content (AvgIpc) is 3.09. The van der Waals surface area contributed by atoms with E-state index in [-0.39, 0.29) is 23.7 Å². The molecule has 0 spiro atoms. The van der Waals surface area contributed by atoms with Gasteiger partial charge in [0.05, 0.1) is 18.6 Å². The third-order valence-corrected chi connectivity index (χ3v) is 8.05. The van der Waals surface area contributed by atoms with Gasteiger partial charge in [0.25, 0.3) is 5.91 Å². The van der Waals surface area contributed by atoms with E-state index in [1.54, 1.807) is 24.3 Å². The van der Waals surface area contributed by atoms with Crippen molar-refractivity contribution in [1.82, 2.24) is 0 Å². The van der Waals surface area contributed by atoms with Gasteiger partial charge in [-0.05, 0) is 77.9 Å². The second-order valence-electron chi connectivity index (χ2n) is 11.2. The second-order valence-corrected chi connectivity index (χ2v) is 11.2. The molecule has 0 radical (unpaired) electrons. The first-order valence-corrected chi connectivity index (χ1v) is 15.0. The van der Waals surface area contributed by atoms with Gasteiger partial charge in [-0.1, -0.05) is 60.7 Å². The molecule has 13 heteroatoms. The molecule has 7 nitrogen and oxygen atoms in total. The summed E-state index contributed by atoms with van der Waals surface area (Å²) >= 11 is 0. The lowest BCUT2D eigenvalue weighted by atomic mass is 9.80. The van der Waals surface area contributed by atoms with Crippen LogP contribution >= 0.6 is 0 Å². The number of alkyl halides is 6. The molecule has 0 aromatic heterocycles. The summed E-state index contributed by atoms with van der Waals surface area (Å²) in [7, 11) is 1.43. The van der Waals surface area contributed by atoms with E-state index in [9.17, 15) is 35.9 Å². The van der Waals surface area contributed by atoms with E-state index in [1.807, 2.05) is 54.6 Å². The number of hydrogen-bond donors (Lipinski definition) is 2. The number of esters is 1. The Morgan fingerprint density at radius 1 is 0.796 bits per heavy atom. The lowest BCUT2D eigenvalue weighted by Gasteiger charge is -2.36. The SMILES string of the molecule is COC(=O)C(c1ccccc1)C1CCN(c2ccc(NC(=O)c3ccccc3-c3ccc(C(F)(F)F)cc3)cc2)CC1.O=C(O)C(F)(F)F. The average molecular weight is 687 g/mol. The van der Waals surface area contributed by atoms with Crippen LogP contribution in [0.1, 0.15) is 40.2 Å². The molecule has 0 aliphatic carbocycles. The molecule has 1 aliphatic rings. The third kappa shape index (κ3) is 9.62. The first-order chi connectivity index (χ1) is 23.2. The highest BCUT2D eigenvalue weighted by Gasteiger charge is 2.38. The minimum Gasteiger partial charge on any atom is -0.475 e. The maximum atomic E-state index is 13.2. The van der Waals surface area contributed by atoms with Crippen LogP contribution in [0.3, 0.4) is 0 Å². The molecule has 0 bridgehead atoms. The van der Waals surface area contributed by atoms with Crippen LogP contribution in [0.4, 0.5) is 37.7 Å². The monoisotopic (exact) mass is 686 g/mol. The van der Waals surface area contributed by atoms with Crippen LogP contribution in [0.25, 0.3) is 11.1 Å². The van der Waals surface area contributed by atoms with Gasteiger partial charge in [0.1, 0.15) is 0 Å². The normalized spacial score (nSPS) is 14.2. The number of carbonyl (C=O) groups is 3. The molecular formula is C36H32F6N2O5. The molecule has 2 N–H and O–H groups in total. The Morgan fingerprint density at radius 2 is 1.35 bits per heavy atom. The van der Waals surface area contributed by atoms with Crippen LogP contribution in [-0.2, 0) is 20.5 Å². The highest BCUT2D eigenvalue weighted by molar-refractivity contribution is 6.08. The number of hydrogen-bond acceptors (Lipinski definition) is 5. The maximum absolute atomic E-state index is 13.2. The number of halogens is 6. The Hall–Kier alpha value is -5.33. The fourth-order valence-corrected chi connectivity index (χ4v) is 5.60. The standard InChI is InChI=1S/C34H31F3N2O3.C2HF3O2/c1-42-33(41)31(24-7-3-2-4-8-24)25-19-21-39(22-20-25)28-17-15-27(16-18-28)38-32(40)30-10-6-5-9-29(30)23-11-13-26(14-12-23)34(35,36)37;3-2(4,5)1(6)7/h2-18,25,31H,19-22H2,1H3,(H,38,40);(H,6,7). The highest BCUT2D eigenvalue weighted by Crippen LogP contribution is 2.36. The van der Waals surface area contributed by atoms with Crippen molar-refractivity contribution in [1.29, 1.82) is 0 Å². The van der Waals surface area contributed by atoms with Crippen LogP contribution in [-0.4, -0.2) is 49.3 Å². The molecule has 1 saturated heterocycles. The van der Waals surface area contributed by atoms with Crippen molar-refractivity contribution in [2.24, 2.45) is 5.92 Å². The fourth-order valence-electron chi connectivity index (χ4n) is 5.60. The Balaban J connectivity index is 0.000000698. The third-order valence-electron chi connectivity index (χ3n) is 8.05. The molecule has 1 amide bonds. The molecule has 1 heterocycles. The van der Waals surface area contributed by atoms with Gasteiger partial charge in [-0.15, -0.1) is 0 Å². The Labute approximate surface area is 278 Å². The number of carboxylic acid groups (broad SMARTS) is 1. The summed E-state index contributed by atoms with van der Waals surface area (Å²) in [6.45, 7) is 1.58. The van der Waals surface area contributed by atoms with E-state index < -0.39 is 23.9 Å². The molecular weight excluding hydrogens is 654 g/mol. The number of benzene rings is 4. The Bertz CT molecular complexity index is 1720. The highest BCUT2D eigenvalue weighted by atomic mass is 19.4. The zero-order valence-electron chi connectivity index (χ0n) is 26.1. The number of amides is 1. The number of ether oxygens (including phenoxy) is 1. The number of anilines is 2. The molecule has 49 heavy (non-hydrogen) atoms. The van der Waals surface area contributed by atoms with Gasteiger partial charge in [-0.25, -0.2) is 4.79 Å². The lowest BCUT2D eigenvalue weighted by molar-refractivity contribution is -0.192. The molecule has 1 unspecified atom stereocenters. The number of carbonyl (C=O) groups excluding carboxylic acids is 2. The topological polar surface area (TPSA) is 95.9 Å². The zero-order valence-corrected chi connectivity index (χ0v) is 26.1. The summed E-state index contributed by atoms with van der Waals surface area (Å²) < 4.78 is 75.8. The molecule has 1 fully saturated rings. The zero-order chi connectivity index (χ0) is 35.8. The van der Waals surface area contributed by atoms with Crippen molar-refractivity contribution < 1.29 is 50.6 Å². The summed E-state index contributed by atoms with van der Waals surface area (Å²) in [5, 5.41) is 10.0. The van der Waals surface area contributed by atoms with Gasteiger partial charge in [0.2, 0.25) is 0 Å². The van der Waals surface area contributed by atoms with E-state index in [0.717, 1.165) is 49.3 Å². The number of aliphatic carboxylic acids is 1. The summed E-state index contributed by atoms with van der Waals surface area (Å²) in [5.74, 6) is -3.43. The number of piperidine rings is 1. The number of methoxy groups -OCH3 is 1. The maximum Gasteiger partial charge on any atom is 0.490 e. The van der Waals surface area contributed by atoms with Gasteiger partial charge in [0, 0.05) is 30.0 Å². The molecule has 0 saturated carbocycles. The van der Waals surface area contributed by atoms with Gasteiger partial charge in [-0.3, -0.25) is 9.59 Å². The van der Waals surface area contributed by atoms with Crippen LogP contribution in [0, 0.1) is 5.92 Å². The van der Waals surface area contributed by atoms with Crippen LogP contribution in [0.5, 0.6) is 0 Å². The van der Waals surface area contributed by atoms with Crippen molar-refractivity contribution in [3.63, 3.8) is 0 Å². The van der Waals surface area contributed by atoms with E-state index in [4.69, 9.17) is 14.6 Å². The molecule has 1 atom stereocenters. The fraction of sp³-hybridized carbons (Fsp3) is 0.250. The van der Waals surface area contributed by atoms with Crippen molar-refractivity contribution in [3.05, 3.63) is 120 Å². The Morgan fingerprint density at radius 3 is 1.88 bits per heavy atom. The van der Waals surface area contributed by atoms with Crippen LogP contribution in [0.15, 0.2) is 103 Å². The van der Waals surface area contributed by atoms with Gasteiger partial charge in [0.15, 0.2) is 0 Å². The van der Waals surface area contributed by atoms with E-state index in [0.29, 0.717) is 22.4 Å². The van der Waals surface area contributed by atoms with Crippen molar-refractivity contribution in [3.8, 4) is 11.1 Å². The predicted molar refractivity (Wildman–Crippen MR) is 171 cm³/mol. The van der Waals surface area contributed by atoms with Gasteiger partial charge < -0.3 is 20.1 Å². The summed E-state index contributed by atoms with van der Waals surface area (Å²) in [6.07, 6.45) is -7.83. The summed E-state index contributed by atoms with van der Waals surface area (Å²) in [6, 6.07) is 28.9. The number of nitrogens with one attached hydrogen (secondary N) is 1. The molecule has 4 aromatic carbocycles.